The van der Waals surface area contributed by atoms with E-state index in [1.807, 2.05) is 68.1 Å². The highest BCUT2D eigenvalue weighted by molar-refractivity contribution is 5.93. The average Bonchev–Trinajstić information content (AvgIpc) is 3.15. The van der Waals surface area contributed by atoms with E-state index >= 15 is 0 Å². The molecule has 2 saturated heterocycles. The van der Waals surface area contributed by atoms with Gasteiger partial charge in [-0.25, -0.2) is 4.79 Å². The van der Waals surface area contributed by atoms with Crippen LogP contribution in [0.4, 0.5) is 4.79 Å². The van der Waals surface area contributed by atoms with Gasteiger partial charge in [-0.15, -0.1) is 0 Å². The molecule has 3 fully saturated rings. The number of amides is 5. The van der Waals surface area contributed by atoms with Gasteiger partial charge in [0, 0.05) is 64.7 Å². The summed E-state index contributed by atoms with van der Waals surface area (Å²) in [6.45, 7) is 10.8. The van der Waals surface area contributed by atoms with Crippen molar-refractivity contribution in [2.24, 2.45) is 17.8 Å². The number of rotatable bonds is 18. The lowest BCUT2D eigenvalue weighted by atomic mass is 9.81. The van der Waals surface area contributed by atoms with E-state index in [9.17, 15) is 24.3 Å². The number of nitrogens with zero attached hydrogens (tertiary/aromatic N) is 5. The van der Waals surface area contributed by atoms with Gasteiger partial charge in [-0.3, -0.25) is 14.4 Å². The van der Waals surface area contributed by atoms with E-state index in [0.717, 1.165) is 63.7 Å². The van der Waals surface area contributed by atoms with Crippen molar-refractivity contribution in [2.45, 2.75) is 116 Å². The van der Waals surface area contributed by atoms with E-state index in [1.165, 1.54) is 6.42 Å². The second-order valence-electron chi connectivity index (χ2n) is 16.8. The summed E-state index contributed by atoms with van der Waals surface area (Å²) in [7, 11) is 5.98. The first-order valence-electron chi connectivity index (χ1n) is 20.9. The number of carbonyl (C=O) groups excluding carboxylic acids is 4. The highest BCUT2D eigenvalue weighted by Crippen LogP contribution is 2.30. The number of hydrogen-bond donors (Lipinski definition) is 3. The van der Waals surface area contributed by atoms with Crippen molar-refractivity contribution < 1.29 is 24.3 Å². The molecule has 0 bridgehead atoms. The van der Waals surface area contributed by atoms with Crippen LogP contribution in [-0.2, 0) is 20.8 Å². The number of aliphatic hydroxyl groups is 1. The molecule has 1 saturated carbocycles. The van der Waals surface area contributed by atoms with Crippen LogP contribution in [0.1, 0.15) is 90.5 Å². The topological polar surface area (TPSA) is 129 Å². The van der Waals surface area contributed by atoms with Crippen LogP contribution in [0.25, 0.3) is 0 Å². The van der Waals surface area contributed by atoms with Gasteiger partial charge in [0.05, 0.1) is 12.1 Å². The lowest BCUT2D eigenvalue weighted by molar-refractivity contribution is -0.149. The Morgan fingerprint density at radius 1 is 0.944 bits per heavy atom. The molecule has 0 unspecified atom stereocenters. The van der Waals surface area contributed by atoms with Crippen molar-refractivity contribution >= 4 is 23.8 Å². The third kappa shape index (κ3) is 12.7. The normalized spacial score (nSPS) is 21.2. The van der Waals surface area contributed by atoms with Crippen LogP contribution in [0.3, 0.4) is 0 Å². The first-order valence-corrected chi connectivity index (χ1v) is 20.9. The maximum Gasteiger partial charge on any atom is 0.320 e. The number of likely N-dealkylation sites (N-methyl/N-ethyl adjacent to an activating group) is 2. The van der Waals surface area contributed by atoms with Crippen molar-refractivity contribution in [1.29, 1.82) is 0 Å². The number of nitrogens with one attached hydrogen (secondary N) is 2. The van der Waals surface area contributed by atoms with E-state index < -0.39 is 30.1 Å². The molecule has 1 aromatic carbocycles. The molecule has 12 heteroatoms. The van der Waals surface area contributed by atoms with Gasteiger partial charge in [-0.05, 0) is 57.8 Å². The van der Waals surface area contributed by atoms with Crippen LogP contribution in [0.5, 0.6) is 0 Å². The molecule has 3 N–H and O–H groups in total. The summed E-state index contributed by atoms with van der Waals surface area (Å²) in [5.41, 5.74) is 0.963. The zero-order chi connectivity index (χ0) is 39.2. The molecule has 1 aromatic rings. The maximum absolute atomic E-state index is 14.7. The largest absolute Gasteiger partial charge is 0.391 e. The average molecular weight is 754 g/mol. The monoisotopic (exact) mass is 754 g/mol. The smallest absolute Gasteiger partial charge is 0.320 e. The Balaban J connectivity index is 1.56. The van der Waals surface area contributed by atoms with Crippen molar-refractivity contribution in [1.82, 2.24) is 35.1 Å². The van der Waals surface area contributed by atoms with E-state index in [2.05, 4.69) is 29.5 Å². The van der Waals surface area contributed by atoms with Crippen molar-refractivity contribution in [2.75, 3.05) is 73.5 Å². The van der Waals surface area contributed by atoms with Crippen molar-refractivity contribution in [3.05, 3.63) is 35.9 Å². The van der Waals surface area contributed by atoms with Crippen molar-refractivity contribution in [3.63, 3.8) is 0 Å². The van der Waals surface area contributed by atoms with Crippen LogP contribution < -0.4 is 10.6 Å². The molecule has 54 heavy (non-hydrogen) atoms. The number of carbonyl (C=O) groups is 4. The lowest BCUT2D eigenvalue weighted by Crippen LogP contribution is -2.66. The fraction of sp³-hybridized carbons (Fsp3) is 0.762. The highest BCUT2D eigenvalue weighted by Gasteiger charge is 2.44. The van der Waals surface area contributed by atoms with E-state index in [1.54, 1.807) is 9.80 Å². The predicted molar refractivity (Wildman–Crippen MR) is 214 cm³/mol. The van der Waals surface area contributed by atoms with Crippen LogP contribution in [0.15, 0.2) is 30.3 Å². The summed E-state index contributed by atoms with van der Waals surface area (Å²) < 4.78 is 0. The van der Waals surface area contributed by atoms with Gasteiger partial charge in [0.2, 0.25) is 17.7 Å². The Morgan fingerprint density at radius 2 is 1.63 bits per heavy atom. The first kappa shape index (κ1) is 43.5. The molecule has 5 amide bonds. The van der Waals surface area contributed by atoms with Gasteiger partial charge in [0.25, 0.3) is 0 Å². The molecule has 12 nitrogen and oxygen atoms in total. The fourth-order valence-electron chi connectivity index (χ4n) is 8.40. The minimum absolute atomic E-state index is 0.00589. The van der Waals surface area contributed by atoms with E-state index in [4.69, 9.17) is 0 Å². The van der Waals surface area contributed by atoms with Crippen molar-refractivity contribution in [3.8, 4) is 0 Å². The summed E-state index contributed by atoms with van der Waals surface area (Å²) >= 11 is 0. The first-order chi connectivity index (χ1) is 25.9. The van der Waals surface area contributed by atoms with Gasteiger partial charge in [-0.2, -0.15) is 0 Å². The predicted octanol–water partition coefficient (Wildman–Crippen LogP) is 3.82. The van der Waals surface area contributed by atoms with Gasteiger partial charge in [0.1, 0.15) is 12.1 Å². The SMILES string of the molecule is CCCC[C@@H](C(=O)N[C@@H](CC1CCCCC1)[C@@H](O)C[C@H](C(=O)NCCN(C)C)C(C)C)N1CCN(C(=O)N2CCN(C)CC2)[C@H](Cc2ccccc2)C1=O. The Hall–Kier alpha value is -3.22. The molecule has 0 radical (unpaired) electrons. The van der Waals surface area contributed by atoms with Crippen LogP contribution >= 0.6 is 0 Å². The minimum Gasteiger partial charge on any atom is -0.391 e. The second kappa shape index (κ2) is 21.8. The van der Waals surface area contributed by atoms with Crippen LogP contribution in [0.2, 0.25) is 0 Å². The van der Waals surface area contributed by atoms with Gasteiger partial charge in [0.15, 0.2) is 0 Å². The quantitative estimate of drug-likeness (QED) is 0.208. The number of aliphatic hydroxyl groups excluding tert-OH is 1. The maximum atomic E-state index is 14.7. The third-order valence-electron chi connectivity index (χ3n) is 11.9. The Bertz CT molecular complexity index is 1320. The Morgan fingerprint density at radius 3 is 2.26 bits per heavy atom. The van der Waals surface area contributed by atoms with Crippen LogP contribution in [0, 0.1) is 17.8 Å². The van der Waals surface area contributed by atoms with E-state index in [-0.39, 0.29) is 42.6 Å². The van der Waals surface area contributed by atoms with E-state index in [0.29, 0.717) is 51.4 Å². The molecule has 0 aromatic heterocycles. The number of benzene rings is 1. The number of piperazine rings is 2. The lowest BCUT2D eigenvalue weighted by Gasteiger charge is -2.46. The molecule has 2 heterocycles. The number of unbranched alkanes of at least 4 members (excludes halogenated alkanes) is 1. The molecule has 3 aliphatic rings. The molecule has 304 valence electrons. The zero-order valence-electron chi connectivity index (χ0n) is 34.2. The highest BCUT2D eigenvalue weighted by atomic mass is 16.3. The fourth-order valence-corrected chi connectivity index (χ4v) is 8.40. The summed E-state index contributed by atoms with van der Waals surface area (Å²) in [6.07, 6.45) is 8.03. The third-order valence-corrected chi connectivity index (χ3v) is 11.9. The molecule has 4 rings (SSSR count). The molecule has 1 aliphatic carbocycles. The summed E-state index contributed by atoms with van der Waals surface area (Å²) in [5.74, 6) is -0.567. The molecule has 2 aliphatic heterocycles. The molecule has 5 atom stereocenters. The number of hydrogen-bond acceptors (Lipinski definition) is 7. The molecular weight excluding hydrogens is 683 g/mol. The van der Waals surface area contributed by atoms with Gasteiger partial charge in [-0.1, -0.05) is 96.0 Å². The van der Waals surface area contributed by atoms with Crippen LogP contribution in [-0.4, -0.2) is 151 Å². The van der Waals surface area contributed by atoms with Gasteiger partial charge >= 0.3 is 6.03 Å². The number of urea groups is 1. The minimum atomic E-state index is -0.922. The Kier molecular flexibility index (Phi) is 17.5. The van der Waals surface area contributed by atoms with Gasteiger partial charge < -0.3 is 40.2 Å². The zero-order valence-corrected chi connectivity index (χ0v) is 34.2. The second-order valence-corrected chi connectivity index (χ2v) is 16.8. The summed E-state index contributed by atoms with van der Waals surface area (Å²) in [5, 5.41) is 18.2. The standard InChI is InChI=1S/C42H71N7O5/c1-7-8-19-36(48-26-27-49(42(54)47-24-22-46(6)23-25-47)37(41(48)53)29-33-17-13-10-14-18-33)40(52)44-35(28-32-15-11-9-12-16-32)38(50)30-34(31(2)3)39(51)43-20-21-45(4)5/h10,13-14,17-18,31-32,34-38,50H,7-9,11-12,15-16,19-30H2,1-6H3,(H,43,51)(H,44,52)/t34-,35-,36-,37+,38-/m0/s1. The molecule has 0 spiro atoms. The molecular formula is C42H71N7O5. The Labute approximate surface area is 325 Å². The summed E-state index contributed by atoms with van der Waals surface area (Å²) in [6, 6.07) is 7.67. The summed E-state index contributed by atoms with van der Waals surface area (Å²) in [4.78, 5) is 66.1.